The topological polar surface area (TPSA) is 0 Å². The lowest BCUT2D eigenvalue weighted by atomic mass is 10.1. The third-order valence-electron chi connectivity index (χ3n) is 2.12. The van der Waals surface area contributed by atoms with E-state index in [4.69, 9.17) is 6.42 Å². The molecule has 0 fully saturated rings. The van der Waals surface area contributed by atoms with Crippen molar-refractivity contribution < 1.29 is 0 Å². The minimum absolute atomic E-state index is 0.362. The lowest BCUT2D eigenvalue weighted by Gasteiger charge is -2.01. The molecule has 0 N–H and O–H groups in total. The Morgan fingerprint density at radius 3 is 2.29 bits per heavy atom. The largest absolute Gasteiger partial charge is 0.145 e. The predicted octanol–water partition coefficient (Wildman–Crippen LogP) is 3.76. The first-order valence-electron chi connectivity index (χ1n) is 5.15. The third-order valence-corrected chi connectivity index (χ3v) is 3.25. The van der Waals surface area contributed by atoms with Crippen molar-refractivity contribution in [2.24, 2.45) is 11.8 Å². The molecule has 1 rings (SSSR count). The van der Waals surface area contributed by atoms with E-state index in [9.17, 15) is 0 Å². The Balaban J connectivity index is 2.56. The summed E-state index contributed by atoms with van der Waals surface area (Å²) in [4.78, 5) is 2.91. The van der Waals surface area contributed by atoms with Crippen LogP contribution in [0.4, 0.5) is 0 Å². The number of rotatable bonds is 4. The lowest BCUT2D eigenvalue weighted by Crippen LogP contribution is -1.93. The van der Waals surface area contributed by atoms with Crippen LogP contribution in [0.15, 0.2) is 12.1 Å². The number of thiophene rings is 1. The summed E-state index contributed by atoms with van der Waals surface area (Å²) in [5.41, 5.74) is 0. The Morgan fingerprint density at radius 2 is 1.79 bits per heavy atom. The molecule has 0 amide bonds. The minimum Gasteiger partial charge on any atom is -0.145 e. The fourth-order valence-corrected chi connectivity index (χ4v) is 2.76. The summed E-state index contributed by atoms with van der Waals surface area (Å²) in [5, 5.41) is 0. The maximum atomic E-state index is 5.36. The predicted molar refractivity (Wildman–Crippen MR) is 64.6 cm³/mol. The summed E-state index contributed by atoms with van der Waals surface area (Å²) >= 11 is 1.91. The van der Waals surface area contributed by atoms with Crippen molar-refractivity contribution in [3.8, 4) is 12.3 Å². The molecule has 0 radical (unpaired) electrons. The first-order chi connectivity index (χ1) is 6.61. The quantitative estimate of drug-likeness (QED) is 0.658. The Kier molecular flexibility index (Phi) is 4.22. The zero-order chi connectivity index (χ0) is 10.6. The molecule has 0 spiro atoms. The second-order valence-corrected chi connectivity index (χ2v) is 5.49. The van der Waals surface area contributed by atoms with Crippen LogP contribution in [0.25, 0.3) is 0 Å². The van der Waals surface area contributed by atoms with Gasteiger partial charge in [0.15, 0.2) is 0 Å². The van der Waals surface area contributed by atoms with E-state index < -0.39 is 0 Å². The molecule has 1 aromatic heterocycles. The molecular formula is C13H18S. The number of terminal acetylenes is 1. The van der Waals surface area contributed by atoms with Crippen molar-refractivity contribution >= 4 is 11.3 Å². The van der Waals surface area contributed by atoms with E-state index in [-0.39, 0.29) is 0 Å². The summed E-state index contributed by atoms with van der Waals surface area (Å²) in [6, 6.07) is 4.46. The molecule has 0 saturated heterocycles. The van der Waals surface area contributed by atoms with Crippen molar-refractivity contribution in [2.75, 3.05) is 0 Å². The van der Waals surface area contributed by atoms with Gasteiger partial charge in [-0.1, -0.05) is 20.8 Å². The van der Waals surface area contributed by atoms with Crippen molar-refractivity contribution in [1.29, 1.82) is 0 Å². The normalized spacial score (nSPS) is 12.8. The lowest BCUT2D eigenvalue weighted by molar-refractivity contribution is 0.654. The Labute approximate surface area is 91.4 Å². The Morgan fingerprint density at radius 1 is 1.21 bits per heavy atom. The average molecular weight is 206 g/mol. The third kappa shape index (κ3) is 3.55. The highest BCUT2D eigenvalue weighted by atomic mass is 32.1. The van der Waals surface area contributed by atoms with Crippen LogP contribution in [0.1, 0.15) is 30.5 Å². The molecule has 0 saturated carbocycles. The van der Waals surface area contributed by atoms with Crippen molar-refractivity contribution in [3.05, 3.63) is 21.9 Å². The number of hydrogen-bond donors (Lipinski definition) is 0. The van der Waals surface area contributed by atoms with E-state index in [1.807, 2.05) is 11.3 Å². The van der Waals surface area contributed by atoms with Crippen molar-refractivity contribution in [2.45, 2.75) is 33.6 Å². The van der Waals surface area contributed by atoms with E-state index in [1.54, 1.807) is 0 Å². The molecular weight excluding hydrogens is 188 g/mol. The van der Waals surface area contributed by atoms with Gasteiger partial charge in [0, 0.05) is 15.7 Å². The molecule has 0 aliphatic rings. The molecule has 1 unspecified atom stereocenters. The summed E-state index contributed by atoms with van der Waals surface area (Å²) < 4.78 is 0. The van der Waals surface area contributed by atoms with E-state index in [2.05, 4.69) is 38.8 Å². The van der Waals surface area contributed by atoms with Crippen LogP contribution in [0.5, 0.6) is 0 Å². The molecule has 0 aliphatic carbocycles. The van der Waals surface area contributed by atoms with Crippen LogP contribution in [0.3, 0.4) is 0 Å². The van der Waals surface area contributed by atoms with Crippen molar-refractivity contribution in [3.63, 3.8) is 0 Å². The second kappa shape index (κ2) is 5.22. The molecule has 14 heavy (non-hydrogen) atoms. The van der Waals surface area contributed by atoms with Gasteiger partial charge in [0.25, 0.3) is 0 Å². The van der Waals surface area contributed by atoms with Gasteiger partial charge in [0.1, 0.15) is 0 Å². The van der Waals surface area contributed by atoms with Crippen LogP contribution in [0.2, 0.25) is 0 Å². The highest BCUT2D eigenvalue weighted by Gasteiger charge is 2.05. The van der Waals surface area contributed by atoms with Gasteiger partial charge in [0.2, 0.25) is 0 Å². The summed E-state index contributed by atoms with van der Waals surface area (Å²) in [6.45, 7) is 6.61. The van der Waals surface area contributed by atoms with Crippen LogP contribution in [-0.4, -0.2) is 0 Å². The highest BCUT2D eigenvalue weighted by Crippen LogP contribution is 2.22. The van der Waals surface area contributed by atoms with E-state index in [0.29, 0.717) is 5.92 Å². The van der Waals surface area contributed by atoms with Gasteiger partial charge in [-0.2, -0.15) is 0 Å². The second-order valence-electron chi connectivity index (χ2n) is 4.24. The first kappa shape index (κ1) is 11.3. The molecule has 1 aromatic rings. The standard InChI is InChI=1S/C13H18S/c1-5-11(4)9-13-7-6-12(14-13)8-10(2)3/h1,6-7,10-11H,8-9H2,2-4H3. The van der Waals surface area contributed by atoms with Gasteiger partial charge < -0.3 is 0 Å². The molecule has 0 aliphatic heterocycles. The zero-order valence-electron chi connectivity index (χ0n) is 9.21. The SMILES string of the molecule is C#CC(C)Cc1ccc(CC(C)C)s1. The van der Waals surface area contributed by atoms with Gasteiger partial charge in [-0.25, -0.2) is 0 Å². The van der Waals surface area contributed by atoms with Crippen LogP contribution in [-0.2, 0) is 12.8 Å². The fraction of sp³-hybridized carbons (Fsp3) is 0.538. The van der Waals surface area contributed by atoms with E-state index in [0.717, 1.165) is 12.3 Å². The smallest absolute Gasteiger partial charge is 0.0220 e. The molecule has 0 aromatic carbocycles. The molecule has 1 heterocycles. The maximum Gasteiger partial charge on any atom is 0.0220 e. The van der Waals surface area contributed by atoms with Crippen LogP contribution in [0, 0.1) is 24.2 Å². The van der Waals surface area contributed by atoms with Gasteiger partial charge in [-0.3, -0.25) is 0 Å². The zero-order valence-corrected chi connectivity index (χ0v) is 10.0. The molecule has 0 bridgehead atoms. The van der Waals surface area contributed by atoms with Gasteiger partial charge in [-0.15, -0.1) is 23.7 Å². The average Bonchev–Trinajstić information content (AvgIpc) is 2.51. The summed E-state index contributed by atoms with van der Waals surface area (Å²) in [6.07, 6.45) is 7.58. The molecule has 1 heteroatoms. The fourth-order valence-electron chi connectivity index (χ4n) is 1.40. The maximum absolute atomic E-state index is 5.36. The van der Waals surface area contributed by atoms with Gasteiger partial charge in [0.05, 0.1) is 0 Å². The van der Waals surface area contributed by atoms with Gasteiger partial charge >= 0.3 is 0 Å². The summed E-state index contributed by atoms with van der Waals surface area (Å²) in [5.74, 6) is 3.87. The molecule has 1 atom stereocenters. The van der Waals surface area contributed by atoms with Crippen molar-refractivity contribution in [1.82, 2.24) is 0 Å². The first-order valence-corrected chi connectivity index (χ1v) is 5.97. The summed E-state index contributed by atoms with van der Waals surface area (Å²) in [7, 11) is 0. The Hall–Kier alpha value is -0.740. The number of hydrogen-bond acceptors (Lipinski definition) is 1. The molecule has 76 valence electrons. The van der Waals surface area contributed by atoms with Crippen LogP contribution < -0.4 is 0 Å². The Bertz CT molecular complexity index is 314. The minimum atomic E-state index is 0.362. The van der Waals surface area contributed by atoms with E-state index in [1.165, 1.54) is 16.2 Å². The highest BCUT2D eigenvalue weighted by molar-refractivity contribution is 7.12. The monoisotopic (exact) mass is 206 g/mol. The van der Waals surface area contributed by atoms with Gasteiger partial charge in [-0.05, 0) is 30.9 Å². The van der Waals surface area contributed by atoms with Crippen LogP contribution >= 0.6 is 11.3 Å². The molecule has 0 nitrogen and oxygen atoms in total. The van der Waals surface area contributed by atoms with E-state index >= 15 is 0 Å².